The van der Waals surface area contributed by atoms with Gasteiger partial charge in [0.1, 0.15) is 18.1 Å². The summed E-state index contributed by atoms with van der Waals surface area (Å²) in [6.45, 7) is 0.156. The third-order valence-corrected chi connectivity index (χ3v) is 2.97. The Kier molecular flexibility index (Phi) is 4.59. The number of nitriles is 1. The molecule has 0 fully saturated rings. The number of rotatable bonds is 5. The summed E-state index contributed by atoms with van der Waals surface area (Å²) in [6.07, 6.45) is 0. The minimum Gasteiger partial charge on any atom is -0.497 e. The van der Waals surface area contributed by atoms with Gasteiger partial charge in [0.05, 0.1) is 25.3 Å². The lowest BCUT2D eigenvalue weighted by Crippen LogP contribution is -2.01. The first-order valence-electron chi connectivity index (χ1n) is 6.17. The summed E-state index contributed by atoms with van der Waals surface area (Å²) in [7, 11) is 1.57. The zero-order valence-electron chi connectivity index (χ0n) is 11.2. The average Bonchev–Trinajstić information content (AvgIpc) is 2.52. The molecule has 0 aromatic heterocycles. The molecule has 0 saturated heterocycles. The van der Waals surface area contributed by atoms with Crippen molar-refractivity contribution < 1.29 is 14.6 Å². The van der Waals surface area contributed by atoms with Gasteiger partial charge in [-0.3, -0.25) is 0 Å². The van der Waals surface area contributed by atoms with Crippen LogP contribution in [0.2, 0.25) is 0 Å². The summed E-state index contributed by atoms with van der Waals surface area (Å²) in [5.41, 5.74) is 2.07. The van der Waals surface area contributed by atoms with E-state index in [1.807, 2.05) is 18.2 Å². The maximum Gasteiger partial charge on any atom is 0.129 e. The summed E-state index contributed by atoms with van der Waals surface area (Å²) in [5.74, 6) is 1.21. The summed E-state index contributed by atoms with van der Waals surface area (Å²) in [6, 6.07) is 14.6. The van der Waals surface area contributed by atoms with Crippen LogP contribution in [0.15, 0.2) is 42.5 Å². The lowest BCUT2D eigenvalue weighted by molar-refractivity contribution is 0.258. The van der Waals surface area contributed by atoms with E-state index < -0.39 is 0 Å². The fraction of sp³-hybridized carbons (Fsp3) is 0.188. The molecule has 4 nitrogen and oxygen atoms in total. The van der Waals surface area contributed by atoms with Crippen LogP contribution in [-0.2, 0) is 13.2 Å². The molecule has 102 valence electrons. The second-order valence-corrected chi connectivity index (χ2v) is 4.19. The zero-order chi connectivity index (χ0) is 14.4. The highest BCUT2D eigenvalue weighted by Gasteiger charge is 2.07. The lowest BCUT2D eigenvalue weighted by Gasteiger charge is -2.12. The Labute approximate surface area is 117 Å². The fourth-order valence-electron chi connectivity index (χ4n) is 1.84. The normalized spacial score (nSPS) is 9.85. The van der Waals surface area contributed by atoms with Crippen molar-refractivity contribution in [3.63, 3.8) is 0 Å². The van der Waals surface area contributed by atoms with Gasteiger partial charge in [-0.15, -0.1) is 0 Å². The van der Waals surface area contributed by atoms with E-state index in [4.69, 9.17) is 14.7 Å². The van der Waals surface area contributed by atoms with Crippen LogP contribution in [0.5, 0.6) is 11.5 Å². The van der Waals surface area contributed by atoms with Crippen molar-refractivity contribution in [1.82, 2.24) is 0 Å². The standard InChI is InChI=1S/C16H15NO3/c1-19-15-7-6-13(10-18)16(8-15)20-11-14-5-3-2-4-12(14)9-17/h2-8,18H,10-11H2,1H3. The maximum absolute atomic E-state index is 9.31. The summed E-state index contributed by atoms with van der Waals surface area (Å²) >= 11 is 0. The second kappa shape index (κ2) is 6.60. The summed E-state index contributed by atoms with van der Waals surface area (Å²) in [4.78, 5) is 0. The second-order valence-electron chi connectivity index (χ2n) is 4.19. The number of hydrogen-bond acceptors (Lipinski definition) is 4. The van der Waals surface area contributed by atoms with E-state index in [9.17, 15) is 5.11 Å². The Bertz CT molecular complexity index is 632. The van der Waals surface area contributed by atoms with Crippen molar-refractivity contribution in [1.29, 1.82) is 5.26 Å². The molecule has 4 heteroatoms. The maximum atomic E-state index is 9.31. The molecule has 20 heavy (non-hydrogen) atoms. The van der Waals surface area contributed by atoms with Crippen molar-refractivity contribution in [2.45, 2.75) is 13.2 Å². The highest BCUT2D eigenvalue weighted by molar-refractivity contribution is 5.41. The van der Waals surface area contributed by atoms with Crippen molar-refractivity contribution in [2.24, 2.45) is 0 Å². The number of aliphatic hydroxyl groups excluding tert-OH is 1. The molecule has 0 aliphatic carbocycles. The molecule has 0 atom stereocenters. The van der Waals surface area contributed by atoms with E-state index in [-0.39, 0.29) is 13.2 Å². The van der Waals surface area contributed by atoms with Gasteiger partial charge in [-0.05, 0) is 18.2 Å². The largest absolute Gasteiger partial charge is 0.497 e. The molecule has 0 heterocycles. The number of ether oxygens (including phenoxy) is 2. The molecule has 0 saturated carbocycles. The van der Waals surface area contributed by atoms with Crippen molar-refractivity contribution in [2.75, 3.05) is 7.11 Å². The first-order chi connectivity index (χ1) is 9.78. The third-order valence-electron chi connectivity index (χ3n) is 2.97. The molecule has 0 radical (unpaired) electrons. The molecule has 2 rings (SSSR count). The van der Waals surface area contributed by atoms with Gasteiger partial charge in [0.15, 0.2) is 0 Å². The predicted octanol–water partition coefficient (Wildman–Crippen LogP) is 2.64. The first-order valence-corrected chi connectivity index (χ1v) is 6.17. The average molecular weight is 269 g/mol. The van der Waals surface area contributed by atoms with E-state index >= 15 is 0 Å². The molecule has 0 unspecified atom stereocenters. The lowest BCUT2D eigenvalue weighted by atomic mass is 10.1. The van der Waals surface area contributed by atoms with E-state index in [1.54, 1.807) is 31.4 Å². The van der Waals surface area contributed by atoms with Crippen LogP contribution in [0.3, 0.4) is 0 Å². The number of hydrogen-bond donors (Lipinski definition) is 1. The van der Waals surface area contributed by atoms with Crippen LogP contribution in [0.4, 0.5) is 0 Å². The molecule has 0 spiro atoms. The highest BCUT2D eigenvalue weighted by Crippen LogP contribution is 2.26. The van der Waals surface area contributed by atoms with Crippen LogP contribution in [0.25, 0.3) is 0 Å². The van der Waals surface area contributed by atoms with Gasteiger partial charge in [0.2, 0.25) is 0 Å². The van der Waals surface area contributed by atoms with E-state index in [0.29, 0.717) is 22.6 Å². The van der Waals surface area contributed by atoms with Crippen molar-refractivity contribution in [3.05, 3.63) is 59.2 Å². The molecule has 1 N–H and O–H groups in total. The van der Waals surface area contributed by atoms with Crippen LogP contribution in [0, 0.1) is 11.3 Å². The smallest absolute Gasteiger partial charge is 0.129 e. The number of aliphatic hydroxyl groups is 1. The van der Waals surface area contributed by atoms with Crippen LogP contribution in [0.1, 0.15) is 16.7 Å². The Morgan fingerprint density at radius 3 is 2.65 bits per heavy atom. The van der Waals surface area contributed by atoms with Gasteiger partial charge in [0, 0.05) is 17.2 Å². The number of benzene rings is 2. The van der Waals surface area contributed by atoms with Crippen molar-refractivity contribution >= 4 is 0 Å². The topological polar surface area (TPSA) is 62.5 Å². The summed E-state index contributed by atoms with van der Waals surface area (Å²) < 4.78 is 10.8. The van der Waals surface area contributed by atoms with E-state index in [0.717, 1.165) is 5.56 Å². The Morgan fingerprint density at radius 1 is 1.15 bits per heavy atom. The van der Waals surface area contributed by atoms with Gasteiger partial charge in [0.25, 0.3) is 0 Å². The van der Waals surface area contributed by atoms with Gasteiger partial charge in [-0.1, -0.05) is 18.2 Å². The minimum absolute atomic E-state index is 0.112. The van der Waals surface area contributed by atoms with Gasteiger partial charge in [-0.2, -0.15) is 5.26 Å². The molecular weight excluding hydrogens is 254 g/mol. The summed E-state index contributed by atoms with van der Waals surface area (Å²) in [5, 5.41) is 18.3. The van der Waals surface area contributed by atoms with Crippen LogP contribution in [-0.4, -0.2) is 12.2 Å². The fourth-order valence-corrected chi connectivity index (χ4v) is 1.84. The quantitative estimate of drug-likeness (QED) is 0.906. The molecule has 2 aromatic rings. The Balaban J connectivity index is 2.20. The third kappa shape index (κ3) is 3.08. The molecule has 0 aliphatic heterocycles. The van der Waals surface area contributed by atoms with E-state index in [2.05, 4.69) is 6.07 Å². The Morgan fingerprint density at radius 2 is 1.95 bits per heavy atom. The first kappa shape index (κ1) is 13.9. The van der Waals surface area contributed by atoms with Crippen LogP contribution < -0.4 is 9.47 Å². The monoisotopic (exact) mass is 269 g/mol. The molecular formula is C16H15NO3. The Hall–Kier alpha value is -2.51. The van der Waals surface area contributed by atoms with Crippen molar-refractivity contribution in [3.8, 4) is 17.6 Å². The van der Waals surface area contributed by atoms with Gasteiger partial charge < -0.3 is 14.6 Å². The van der Waals surface area contributed by atoms with Gasteiger partial charge >= 0.3 is 0 Å². The van der Waals surface area contributed by atoms with E-state index in [1.165, 1.54) is 0 Å². The number of nitrogens with zero attached hydrogens (tertiary/aromatic N) is 1. The SMILES string of the molecule is COc1ccc(CO)c(OCc2ccccc2C#N)c1. The minimum atomic E-state index is -0.112. The molecule has 0 bridgehead atoms. The van der Waals surface area contributed by atoms with Crippen LogP contribution >= 0.6 is 0 Å². The van der Waals surface area contributed by atoms with Gasteiger partial charge in [-0.25, -0.2) is 0 Å². The molecule has 0 aliphatic rings. The molecule has 0 amide bonds. The highest BCUT2D eigenvalue weighted by atomic mass is 16.5. The molecule has 2 aromatic carbocycles. The predicted molar refractivity (Wildman–Crippen MR) is 74.4 cm³/mol. The number of methoxy groups -OCH3 is 1. The zero-order valence-corrected chi connectivity index (χ0v) is 11.2.